The van der Waals surface area contributed by atoms with E-state index < -0.39 is 0 Å². The molecule has 172 valence electrons. The zero-order valence-electron chi connectivity index (χ0n) is 18.4. The number of fused-ring (bicyclic) bond motifs is 4. The van der Waals surface area contributed by atoms with E-state index in [2.05, 4.69) is 25.1 Å². The molecule has 2 aromatic heterocycles. The molecule has 4 unspecified atom stereocenters. The molecule has 8 heteroatoms. The Hall–Kier alpha value is -2.13. The van der Waals surface area contributed by atoms with E-state index in [1.54, 1.807) is 17.7 Å². The summed E-state index contributed by atoms with van der Waals surface area (Å²) >= 11 is 1.62. The summed E-state index contributed by atoms with van der Waals surface area (Å²) in [6, 6.07) is 7.32. The molecule has 7 rings (SSSR count). The largest absolute Gasteiger partial charge is 0.380 e. The van der Waals surface area contributed by atoms with Crippen molar-refractivity contribution in [1.82, 2.24) is 14.9 Å². The number of hydrogen-bond donors (Lipinski definition) is 0. The van der Waals surface area contributed by atoms with Gasteiger partial charge in [-0.2, -0.15) is 0 Å². The summed E-state index contributed by atoms with van der Waals surface area (Å²) in [5.74, 6) is 2.86. The normalized spacial score (nSPS) is 30.5. The van der Waals surface area contributed by atoms with Crippen LogP contribution in [0.5, 0.6) is 0 Å². The SMILES string of the molecule is Fc1ccc(-c2csc3ncnc(N4CC5C(COCCN6CC7CC6CO7)C5C4)c23)cc1. The first-order valence-electron chi connectivity index (χ1n) is 11.9. The molecule has 2 bridgehead atoms. The number of rotatable bonds is 7. The molecular weight excluding hydrogens is 439 g/mol. The topological polar surface area (TPSA) is 50.7 Å². The Morgan fingerprint density at radius 2 is 1.97 bits per heavy atom. The molecule has 0 N–H and O–H groups in total. The molecule has 3 aliphatic heterocycles. The lowest BCUT2D eigenvalue weighted by Gasteiger charge is -2.26. The molecule has 0 spiro atoms. The minimum atomic E-state index is -0.218. The van der Waals surface area contributed by atoms with Crippen LogP contribution in [0.2, 0.25) is 0 Å². The maximum absolute atomic E-state index is 13.4. The molecule has 5 heterocycles. The maximum atomic E-state index is 13.4. The Kier molecular flexibility index (Phi) is 4.90. The number of thiophene rings is 1. The summed E-state index contributed by atoms with van der Waals surface area (Å²) < 4.78 is 25.2. The van der Waals surface area contributed by atoms with Gasteiger partial charge in [-0.25, -0.2) is 14.4 Å². The summed E-state index contributed by atoms with van der Waals surface area (Å²) in [7, 11) is 0. The number of likely N-dealkylation sites (tertiary alicyclic amines) is 1. The van der Waals surface area contributed by atoms with E-state index >= 15 is 0 Å². The molecule has 4 fully saturated rings. The van der Waals surface area contributed by atoms with Gasteiger partial charge in [0.2, 0.25) is 0 Å². The Morgan fingerprint density at radius 1 is 1.12 bits per heavy atom. The van der Waals surface area contributed by atoms with Crippen LogP contribution in [0.15, 0.2) is 36.0 Å². The average molecular weight is 467 g/mol. The number of benzene rings is 1. The number of hydrogen-bond acceptors (Lipinski definition) is 7. The minimum Gasteiger partial charge on any atom is -0.380 e. The predicted molar refractivity (Wildman–Crippen MR) is 126 cm³/mol. The number of piperidine rings is 1. The van der Waals surface area contributed by atoms with E-state index in [9.17, 15) is 4.39 Å². The predicted octanol–water partition coefficient (Wildman–Crippen LogP) is 3.67. The van der Waals surface area contributed by atoms with Gasteiger partial charge in [0.25, 0.3) is 0 Å². The van der Waals surface area contributed by atoms with E-state index in [0.717, 1.165) is 73.2 Å². The van der Waals surface area contributed by atoms with Crippen molar-refractivity contribution in [3.05, 3.63) is 41.8 Å². The molecular formula is C25H27FN4O2S. The highest BCUT2D eigenvalue weighted by Crippen LogP contribution is 2.53. The Balaban J connectivity index is 0.985. The lowest BCUT2D eigenvalue weighted by molar-refractivity contribution is 0.0138. The fraction of sp³-hybridized carbons (Fsp3) is 0.520. The summed E-state index contributed by atoms with van der Waals surface area (Å²) in [5, 5.41) is 3.20. The smallest absolute Gasteiger partial charge is 0.141 e. The summed E-state index contributed by atoms with van der Waals surface area (Å²) in [5.41, 5.74) is 2.10. The van der Waals surface area contributed by atoms with Crippen molar-refractivity contribution >= 4 is 27.4 Å². The number of aromatic nitrogens is 2. The van der Waals surface area contributed by atoms with Crippen molar-refractivity contribution in [3.63, 3.8) is 0 Å². The monoisotopic (exact) mass is 466 g/mol. The van der Waals surface area contributed by atoms with Crippen LogP contribution < -0.4 is 4.90 Å². The van der Waals surface area contributed by atoms with Crippen molar-refractivity contribution in [2.24, 2.45) is 17.8 Å². The van der Waals surface area contributed by atoms with Gasteiger partial charge in [-0.15, -0.1) is 11.3 Å². The van der Waals surface area contributed by atoms with Crippen LogP contribution in [0.4, 0.5) is 10.2 Å². The van der Waals surface area contributed by atoms with E-state index in [-0.39, 0.29) is 5.82 Å². The molecule has 0 amide bonds. The first kappa shape index (κ1) is 20.3. The standard InChI is InChI=1S/C25H27FN4O2S/c26-16-3-1-15(2-4-16)22-13-33-25-23(22)24(27-14-28-25)30-9-19-20(10-30)21(19)12-31-6-5-29-8-18-7-17(29)11-32-18/h1-4,13-14,17-21H,5-12H2. The van der Waals surface area contributed by atoms with Gasteiger partial charge in [0.1, 0.15) is 22.8 Å². The van der Waals surface area contributed by atoms with Gasteiger partial charge in [0.05, 0.1) is 31.3 Å². The van der Waals surface area contributed by atoms with Gasteiger partial charge in [-0.3, -0.25) is 4.90 Å². The molecule has 0 radical (unpaired) electrons. The summed E-state index contributed by atoms with van der Waals surface area (Å²) in [4.78, 5) is 15.1. The van der Waals surface area contributed by atoms with Gasteiger partial charge in [0.15, 0.2) is 0 Å². The zero-order chi connectivity index (χ0) is 21.9. The number of ether oxygens (including phenoxy) is 2. The number of morpholine rings is 1. The second kappa shape index (κ2) is 7.98. The highest BCUT2D eigenvalue weighted by atomic mass is 32.1. The Bertz CT molecular complexity index is 1160. The third kappa shape index (κ3) is 3.55. The summed E-state index contributed by atoms with van der Waals surface area (Å²) in [6.45, 7) is 6.75. The van der Waals surface area contributed by atoms with Gasteiger partial charge in [0, 0.05) is 43.2 Å². The van der Waals surface area contributed by atoms with Gasteiger partial charge >= 0.3 is 0 Å². The molecule has 4 aliphatic rings. The number of nitrogens with zero attached hydrogens (tertiary/aromatic N) is 4. The molecule has 3 aromatic rings. The number of anilines is 1. The third-order valence-electron chi connectivity index (χ3n) is 8.02. The van der Waals surface area contributed by atoms with Crippen molar-refractivity contribution in [3.8, 4) is 11.1 Å². The highest BCUT2D eigenvalue weighted by Gasteiger charge is 2.56. The van der Waals surface area contributed by atoms with Crippen molar-refractivity contribution in [1.29, 1.82) is 0 Å². The first-order chi connectivity index (χ1) is 16.2. The van der Waals surface area contributed by atoms with E-state index in [4.69, 9.17) is 9.47 Å². The molecule has 33 heavy (non-hydrogen) atoms. The maximum Gasteiger partial charge on any atom is 0.141 e. The average Bonchev–Trinajstić information content (AvgIpc) is 3.42. The van der Waals surface area contributed by atoms with Crippen LogP contribution in [0.3, 0.4) is 0 Å². The lowest BCUT2D eigenvalue weighted by atomic mass is 10.1. The van der Waals surface area contributed by atoms with E-state index in [0.29, 0.717) is 29.9 Å². The van der Waals surface area contributed by atoms with Crippen LogP contribution in [-0.2, 0) is 9.47 Å². The fourth-order valence-electron chi connectivity index (χ4n) is 6.16. The lowest BCUT2D eigenvalue weighted by Crippen LogP contribution is -2.39. The summed E-state index contributed by atoms with van der Waals surface area (Å²) in [6.07, 6.45) is 3.33. The van der Waals surface area contributed by atoms with Crippen LogP contribution >= 0.6 is 11.3 Å². The highest BCUT2D eigenvalue weighted by molar-refractivity contribution is 7.17. The van der Waals surface area contributed by atoms with Crippen molar-refractivity contribution in [2.75, 3.05) is 50.9 Å². The van der Waals surface area contributed by atoms with Gasteiger partial charge in [-0.05, 0) is 41.9 Å². The molecule has 1 aromatic carbocycles. The van der Waals surface area contributed by atoms with E-state index in [1.165, 1.54) is 18.6 Å². The van der Waals surface area contributed by atoms with Gasteiger partial charge < -0.3 is 14.4 Å². The minimum absolute atomic E-state index is 0.218. The van der Waals surface area contributed by atoms with Crippen LogP contribution in [-0.4, -0.2) is 73.0 Å². The zero-order valence-corrected chi connectivity index (χ0v) is 19.2. The third-order valence-corrected chi connectivity index (χ3v) is 8.91. The van der Waals surface area contributed by atoms with Gasteiger partial charge in [-0.1, -0.05) is 12.1 Å². The molecule has 3 saturated heterocycles. The van der Waals surface area contributed by atoms with Crippen molar-refractivity contribution in [2.45, 2.75) is 18.6 Å². The fourth-order valence-corrected chi connectivity index (χ4v) is 7.08. The molecule has 1 saturated carbocycles. The molecule has 6 nitrogen and oxygen atoms in total. The first-order valence-corrected chi connectivity index (χ1v) is 12.8. The molecule has 4 atom stereocenters. The van der Waals surface area contributed by atoms with E-state index in [1.807, 2.05) is 12.1 Å². The van der Waals surface area contributed by atoms with Crippen LogP contribution in [0.1, 0.15) is 6.42 Å². The van der Waals surface area contributed by atoms with Crippen LogP contribution in [0.25, 0.3) is 21.3 Å². The van der Waals surface area contributed by atoms with Crippen molar-refractivity contribution < 1.29 is 13.9 Å². The van der Waals surface area contributed by atoms with Crippen LogP contribution in [0, 0.1) is 23.6 Å². The quantitative estimate of drug-likeness (QED) is 0.496. The number of halogens is 1. The second-order valence-electron chi connectivity index (χ2n) is 9.84. The molecule has 1 aliphatic carbocycles. The second-order valence-corrected chi connectivity index (χ2v) is 10.7. The Morgan fingerprint density at radius 3 is 2.73 bits per heavy atom. The Labute approximate surface area is 196 Å².